The quantitative estimate of drug-likeness (QED) is 0.287. The largest absolute Gasteiger partial charge is 0.398 e. The van der Waals surface area contributed by atoms with Crippen molar-refractivity contribution in [1.82, 2.24) is 14.8 Å². The topological polar surface area (TPSA) is 124 Å². The highest BCUT2D eigenvalue weighted by molar-refractivity contribution is 7.28. The summed E-state index contributed by atoms with van der Waals surface area (Å²) >= 11 is 0. The van der Waals surface area contributed by atoms with Crippen LogP contribution >= 0.6 is 9.24 Å². The Hall–Kier alpha value is -3.35. The summed E-state index contributed by atoms with van der Waals surface area (Å²) in [6.07, 6.45) is 2.64. The fourth-order valence-corrected chi connectivity index (χ4v) is 5.73. The number of hydrogen-bond acceptors (Lipinski definition) is 6. The Kier molecular flexibility index (Phi) is 6.49. The van der Waals surface area contributed by atoms with Crippen LogP contribution in [-0.2, 0) is 17.6 Å². The van der Waals surface area contributed by atoms with Gasteiger partial charge in [0.1, 0.15) is 0 Å². The van der Waals surface area contributed by atoms with Crippen molar-refractivity contribution in [1.29, 1.82) is 5.41 Å². The molecular weight excluding hydrogens is 473 g/mol. The molecule has 2 aromatic carbocycles. The van der Waals surface area contributed by atoms with Crippen LogP contribution in [0.3, 0.4) is 0 Å². The highest BCUT2D eigenvalue weighted by Crippen LogP contribution is 2.37. The zero-order valence-corrected chi connectivity index (χ0v) is 21.4. The number of nitrogen functional groups attached to an aromatic ring is 1. The molecule has 4 N–H and O–H groups in total. The van der Waals surface area contributed by atoms with Gasteiger partial charge in [0.05, 0.1) is 17.3 Å². The lowest BCUT2D eigenvalue weighted by Gasteiger charge is -2.34. The van der Waals surface area contributed by atoms with Gasteiger partial charge in [-0.3, -0.25) is 9.59 Å². The van der Waals surface area contributed by atoms with Gasteiger partial charge in [0.2, 0.25) is 5.91 Å². The highest BCUT2D eigenvalue weighted by atomic mass is 31.0. The molecule has 2 atom stereocenters. The number of aliphatic hydroxyl groups is 1. The number of pyridine rings is 1. The van der Waals surface area contributed by atoms with E-state index in [-0.39, 0.29) is 11.8 Å². The third-order valence-electron chi connectivity index (χ3n) is 7.31. The van der Waals surface area contributed by atoms with Crippen molar-refractivity contribution in [3.05, 3.63) is 52.6 Å². The number of piperazine rings is 1. The number of aryl methyl sites for hydroxylation is 1. The van der Waals surface area contributed by atoms with E-state index < -0.39 is 6.10 Å². The third-order valence-corrected chi connectivity index (χ3v) is 7.75. The smallest absolute Gasteiger partial charge is 0.253 e. The number of benzene rings is 2. The van der Waals surface area contributed by atoms with Crippen LogP contribution in [-0.4, -0.2) is 70.2 Å². The molecule has 1 aliphatic heterocycles. The van der Waals surface area contributed by atoms with Crippen LogP contribution < -0.4 is 11.0 Å². The number of nitrogens with two attached hydrogens (primary N) is 1. The zero-order valence-electron chi connectivity index (χ0n) is 20.3. The molecular formula is C27H30N5O3P. The maximum absolute atomic E-state index is 13.1. The standard InChI is InChI=1S/C27H30N5O3P/c1-15(33)31-8-10-32(11-9-31)27(35)17-4-2-16(3-5-17)25-20-12-18(34)6-7-19(20)24-21(14-28)22(29)13-23(36)26(24)30-25/h2-5,13-14,18,28,34H,6-12,29,36H2,1H3. The molecule has 0 spiro atoms. The summed E-state index contributed by atoms with van der Waals surface area (Å²) in [4.78, 5) is 33.2. The molecule has 9 heteroatoms. The number of amides is 2. The molecule has 36 heavy (non-hydrogen) atoms. The number of rotatable bonds is 3. The fourth-order valence-electron chi connectivity index (χ4n) is 5.35. The van der Waals surface area contributed by atoms with E-state index in [0.717, 1.165) is 38.6 Å². The van der Waals surface area contributed by atoms with Crippen molar-refractivity contribution in [2.75, 3.05) is 31.9 Å². The Bertz CT molecular complexity index is 1380. The monoisotopic (exact) mass is 503 g/mol. The summed E-state index contributed by atoms with van der Waals surface area (Å²) in [5.74, 6) is -0.0149. The maximum atomic E-state index is 13.1. The Balaban J connectivity index is 1.53. The van der Waals surface area contributed by atoms with Gasteiger partial charge in [0.15, 0.2) is 0 Å². The van der Waals surface area contributed by atoms with Gasteiger partial charge in [0.25, 0.3) is 5.91 Å². The van der Waals surface area contributed by atoms with Crippen molar-refractivity contribution >= 4 is 49.2 Å². The van der Waals surface area contributed by atoms with Gasteiger partial charge < -0.3 is 26.0 Å². The Morgan fingerprint density at radius 3 is 2.44 bits per heavy atom. The van der Waals surface area contributed by atoms with Crippen molar-refractivity contribution < 1.29 is 14.7 Å². The van der Waals surface area contributed by atoms with Gasteiger partial charge in [-0.05, 0) is 47.5 Å². The molecule has 2 amide bonds. The number of nitrogens with zero attached hydrogens (tertiary/aromatic N) is 3. The second-order valence-electron chi connectivity index (χ2n) is 9.53. The van der Waals surface area contributed by atoms with Crippen LogP contribution in [0, 0.1) is 5.41 Å². The van der Waals surface area contributed by atoms with E-state index in [9.17, 15) is 14.7 Å². The molecule has 0 radical (unpaired) electrons. The predicted molar refractivity (Wildman–Crippen MR) is 145 cm³/mol. The zero-order chi connectivity index (χ0) is 25.6. The fraction of sp³-hybridized carbons (Fsp3) is 0.333. The molecule has 186 valence electrons. The molecule has 1 fully saturated rings. The van der Waals surface area contributed by atoms with Gasteiger partial charge in [-0.1, -0.05) is 12.1 Å². The SMILES string of the molecule is CC(=O)N1CCN(C(=O)c2ccc(-c3nc4c(P)cc(N)c(C=N)c4c4c3CC(O)CC4)cc2)CC1. The number of carbonyl (C=O) groups excluding carboxylic acids is 2. The van der Waals surface area contributed by atoms with E-state index in [1.807, 2.05) is 30.3 Å². The van der Waals surface area contributed by atoms with E-state index in [1.54, 1.807) is 16.7 Å². The van der Waals surface area contributed by atoms with Crippen LogP contribution in [0.5, 0.6) is 0 Å². The molecule has 0 bridgehead atoms. The molecule has 0 saturated carbocycles. The molecule has 1 aromatic heterocycles. The number of fused-ring (bicyclic) bond motifs is 3. The number of nitrogens with one attached hydrogen (secondary N) is 1. The van der Waals surface area contributed by atoms with Gasteiger partial charge in [-0.2, -0.15) is 0 Å². The third kappa shape index (κ3) is 4.25. The van der Waals surface area contributed by atoms with E-state index in [0.29, 0.717) is 62.3 Å². The number of carbonyl (C=O) groups is 2. The van der Waals surface area contributed by atoms with Crippen LogP contribution in [0.2, 0.25) is 0 Å². The van der Waals surface area contributed by atoms with Gasteiger partial charge in [-0.15, -0.1) is 9.24 Å². The lowest BCUT2D eigenvalue weighted by molar-refractivity contribution is -0.130. The summed E-state index contributed by atoms with van der Waals surface area (Å²) < 4.78 is 0. The summed E-state index contributed by atoms with van der Waals surface area (Å²) in [5.41, 5.74) is 12.5. The van der Waals surface area contributed by atoms with E-state index in [1.165, 1.54) is 6.21 Å². The lowest BCUT2D eigenvalue weighted by atomic mass is 9.83. The van der Waals surface area contributed by atoms with Crippen molar-refractivity contribution in [3.63, 3.8) is 0 Å². The minimum Gasteiger partial charge on any atom is -0.398 e. The van der Waals surface area contributed by atoms with E-state index >= 15 is 0 Å². The normalized spacial score (nSPS) is 17.7. The Morgan fingerprint density at radius 2 is 1.81 bits per heavy atom. The first-order valence-corrected chi connectivity index (χ1v) is 12.7. The van der Waals surface area contributed by atoms with Crippen LogP contribution in [0.25, 0.3) is 22.2 Å². The Morgan fingerprint density at radius 1 is 1.14 bits per heavy atom. The summed E-state index contributed by atoms with van der Waals surface area (Å²) in [7, 11) is 2.70. The number of aliphatic hydroxyl groups excluding tert-OH is 1. The average molecular weight is 504 g/mol. The number of anilines is 1. The van der Waals surface area contributed by atoms with Crippen molar-refractivity contribution in [2.24, 2.45) is 0 Å². The first kappa shape index (κ1) is 24.3. The highest BCUT2D eigenvalue weighted by Gasteiger charge is 2.27. The van der Waals surface area contributed by atoms with Crippen LogP contribution in [0.15, 0.2) is 30.3 Å². The van der Waals surface area contributed by atoms with Gasteiger partial charge in [-0.25, -0.2) is 4.98 Å². The molecule has 8 nitrogen and oxygen atoms in total. The van der Waals surface area contributed by atoms with Gasteiger partial charge in [0, 0.05) is 73.5 Å². The molecule has 1 aliphatic carbocycles. The first-order valence-electron chi connectivity index (χ1n) is 12.2. The van der Waals surface area contributed by atoms with Crippen LogP contribution in [0.1, 0.15) is 40.4 Å². The van der Waals surface area contributed by atoms with E-state index in [2.05, 4.69) is 9.24 Å². The molecule has 1 saturated heterocycles. The van der Waals surface area contributed by atoms with E-state index in [4.69, 9.17) is 16.1 Å². The Labute approximate surface area is 212 Å². The maximum Gasteiger partial charge on any atom is 0.253 e. The predicted octanol–water partition coefficient (Wildman–Crippen LogP) is 2.14. The van der Waals surface area contributed by atoms with Crippen molar-refractivity contribution in [3.8, 4) is 11.3 Å². The molecule has 2 heterocycles. The van der Waals surface area contributed by atoms with Crippen molar-refractivity contribution in [2.45, 2.75) is 32.3 Å². The minimum absolute atomic E-state index is 0.0341. The second kappa shape index (κ2) is 9.60. The first-order chi connectivity index (χ1) is 17.3. The van der Waals surface area contributed by atoms with Gasteiger partial charge >= 0.3 is 0 Å². The summed E-state index contributed by atoms with van der Waals surface area (Å²) in [6, 6.07) is 9.28. The lowest BCUT2D eigenvalue weighted by Crippen LogP contribution is -2.50. The number of aromatic nitrogens is 1. The summed E-state index contributed by atoms with van der Waals surface area (Å²) in [6.45, 7) is 3.69. The number of hydrogen-bond donors (Lipinski definition) is 3. The molecule has 5 rings (SSSR count). The molecule has 3 aromatic rings. The second-order valence-corrected chi connectivity index (χ2v) is 10.1. The minimum atomic E-state index is -0.454. The van der Waals surface area contributed by atoms with Crippen LogP contribution in [0.4, 0.5) is 5.69 Å². The molecule has 2 unspecified atom stereocenters. The average Bonchev–Trinajstić information content (AvgIpc) is 2.88. The summed E-state index contributed by atoms with van der Waals surface area (Å²) in [5, 5.41) is 20.2. The molecule has 2 aliphatic rings.